The Hall–Kier alpha value is -3.17. The lowest BCUT2D eigenvalue weighted by atomic mass is 9.84. The van der Waals surface area contributed by atoms with E-state index in [4.69, 9.17) is 5.11 Å². The molecular formula is C26H24O3. The maximum Gasteiger partial charge on any atom is 0.335 e. The van der Waals surface area contributed by atoms with Crippen molar-refractivity contribution in [1.82, 2.24) is 0 Å². The Morgan fingerprint density at radius 1 is 0.862 bits per heavy atom. The Morgan fingerprint density at radius 3 is 2.24 bits per heavy atom. The van der Waals surface area contributed by atoms with Crippen molar-refractivity contribution in [3.05, 3.63) is 112 Å². The van der Waals surface area contributed by atoms with E-state index < -0.39 is 5.97 Å². The first-order chi connectivity index (χ1) is 14.1. The van der Waals surface area contributed by atoms with Crippen molar-refractivity contribution in [3.8, 4) is 0 Å². The molecule has 146 valence electrons. The van der Waals surface area contributed by atoms with E-state index in [1.807, 2.05) is 30.3 Å². The lowest BCUT2D eigenvalue weighted by molar-refractivity contribution is 0.0697. The molecule has 0 aromatic heterocycles. The van der Waals surface area contributed by atoms with Gasteiger partial charge >= 0.3 is 5.97 Å². The predicted molar refractivity (Wildman–Crippen MR) is 115 cm³/mol. The molecule has 29 heavy (non-hydrogen) atoms. The summed E-state index contributed by atoms with van der Waals surface area (Å²) in [5, 5.41) is 18.9. The van der Waals surface area contributed by atoms with Gasteiger partial charge in [0.05, 0.1) is 12.2 Å². The number of fused-ring (bicyclic) bond motifs is 1. The van der Waals surface area contributed by atoms with Gasteiger partial charge in [-0.05, 0) is 65.1 Å². The average molecular weight is 384 g/mol. The number of rotatable bonds is 7. The number of benzene rings is 3. The van der Waals surface area contributed by atoms with Crippen molar-refractivity contribution in [2.75, 3.05) is 0 Å². The number of hydrogen-bond acceptors (Lipinski definition) is 2. The molecule has 0 saturated heterocycles. The Labute approximate surface area is 171 Å². The highest BCUT2D eigenvalue weighted by Crippen LogP contribution is 2.33. The van der Waals surface area contributed by atoms with Crippen LogP contribution in [0.1, 0.15) is 38.2 Å². The lowest BCUT2D eigenvalue weighted by Gasteiger charge is -2.21. The summed E-state index contributed by atoms with van der Waals surface area (Å²) in [6.45, 7) is 0.0372. The Bertz CT molecular complexity index is 1050. The molecule has 0 saturated carbocycles. The van der Waals surface area contributed by atoms with E-state index in [-0.39, 0.29) is 12.5 Å². The van der Waals surface area contributed by atoms with E-state index in [1.54, 1.807) is 12.1 Å². The summed E-state index contributed by atoms with van der Waals surface area (Å²) in [5.41, 5.74) is 7.59. The van der Waals surface area contributed by atoms with E-state index in [0.29, 0.717) is 5.56 Å². The van der Waals surface area contributed by atoms with Gasteiger partial charge in [-0.25, -0.2) is 4.79 Å². The van der Waals surface area contributed by atoms with Gasteiger partial charge in [0, 0.05) is 0 Å². The van der Waals surface area contributed by atoms with Crippen LogP contribution in [-0.4, -0.2) is 16.2 Å². The summed E-state index contributed by atoms with van der Waals surface area (Å²) < 4.78 is 0. The number of aromatic carboxylic acids is 1. The number of hydrogen-bond donors (Lipinski definition) is 2. The van der Waals surface area contributed by atoms with Gasteiger partial charge in [0.15, 0.2) is 0 Å². The second-order valence-electron chi connectivity index (χ2n) is 7.63. The maximum atomic E-state index is 11.1. The van der Waals surface area contributed by atoms with Crippen LogP contribution in [0.2, 0.25) is 0 Å². The zero-order valence-corrected chi connectivity index (χ0v) is 16.2. The third kappa shape index (κ3) is 4.30. The van der Waals surface area contributed by atoms with Crippen LogP contribution in [0.25, 0.3) is 6.08 Å². The topological polar surface area (TPSA) is 57.5 Å². The quantitative estimate of drug-likeness (QED) is 0.608. The lowest BCUT2D eigenvalue weighted by Crippen LogP contribution is -2.13. The van der Waals surface area contributed by atoms with Crippen LogP contribution >= 0.6 is 0 Å². The van der Waals surface area contributed by atoms with Gasteiger partial charge in [0.1, 0.15) is 0 Å². The van der Waals surface area contributed by atoms with Crippen LogP contribution in [0.5, 0.6) is 0 Å². The summed E-state index contributed by atoms with van der Waals surface area (Å²) >= 11 is 0. The van der Waals surface area contributed by atoms with Gasteiger partial charge in [-0.2, -0.15) is 0 Å². The molecule has 0 bridgehead atoms. The standard InChI is InChI=1S/C26H24O3/c27-17-23-8-4-3-7-22(23)16-24(13-18-9-11-19(12-10-18)26(28)29)25-14-20-5-1-2-6-21(20)15-25/h1-12,14,24,27H,13,15-17H2,(H,28,29)/t24-/m1/s1. The summed E-state index contributed by atoms with van der Waals surface area (Å²) in [7, 11) is 0. The number of carbonyl (C=O) groups is 1. The fourth-order valence-corrected chi connectivity index (χ4v) is 4.15. The monoisotopic (exact) mass is 384 g/mol. The highest BCUT2D eigenvalue weighted by molar-refractivity contribution is 5.87. The van der Waals surface area contributed by atoms with Gasteiger partial charge in [0.25, 0.3) is 0 Å². The van der Waals surface area contributed by atoms with Crippen molar-refractivity contribution in [1.29, 1.82) is 0 Å². The second-order valence-corrected chi connectivity index (χ2v) is 7.63. The zero-order valence-electron chi connectivity index (χ0n) is 16.2. The first kappa shape index (κ1) is 19.2. The molecule has 0 radical (unpaired) electrons. The third-order valence-corrected chi connectivity index (χ3v) is 5.75. The molecule has 1 atom stereocenters. The smallest absolute Gasteiger partial charge is 0.335 e. The first-order valence-electron chi connectivity index (χ1n) is 9.92. The summed E-state index contributed by atoms with van der Waals surface area (Å²) in [6, 6.07) is 23.7. The third-order valence-electron chi connectivity index (χ3n) is 5.75. The van der Waals surface area contributed by atoms with E-state index in [0.717, 1.165) is 30.4 Å². The molecule has 0 fully saturated rings. The van der Waals surface area contributed by atoms with Crippen molar-refractivity contribution in [2.24, 2.45) is 5.92 Å². The van der Waals surface area contributed by atoms with E-state index >= 15 is 0 Å². The normalized spacial score (nSPS) is 13.6. The molecule has 3 aromatic rings. The van der Waals surface area contributed by atoms with Crippen LogP contribution in [0.4, 0.5) is 0 Å². The first-order valence-corrected chi connectivity index (χ1v) is 9.92. The molecule has 3 aromatic carbocycles. The van der Waals surface area contributed by atoms with Gasteiger partial charge in [-0.15, -0.1) is 0 Å². The molecule has 4 rings (SSSR count). The van der Waals surface area contributed by atoms with Crippen molar-refractivity contribution in [3.63, 3.8) is 0 Å². The van der Waals surface area contributed by atoms with Crippen LogP contribution in [-0.2, 0) is 25.9 Å². The largest absolute Gasteiger partial charge is 0.478 e. The van der Waals surface area contributed by atoms with E-state index in [9.17, 15) is 9.90 Å². The van der Waals surface area contributed by atoms with Crippen LogP contribution in [0.15, 0.2) is 78.4 Å². The van der Waals surface area contributed by atoms with Crippen LogP contribution < -0.4 is 0 Å². The SMILES string of the molecule is O=C(O)c1ccc(C[C@H](Cc2ccccc2CO)C2=Cc3ccccc3C2)cc1. The predicted octanol–water partition coefficient (Wildman–Crippen LogP) is 4.92. The molecule has 0 unspecified atom stereocenters. The molecule has 2 N–H and O–H groups in total. The average Bonchev–Trinajstić information content (AvgIpc) is 3.18. The fourth-order valence-electron chi connectivity index (χ4n) is 4.15. The molecule has 1 aliphatic rings. The van der Waals surface area contributed by atoms with Crippen molar-refractivity contribution in [2.45, 2.75) is 25.9 Å². The fraction of sp³-hybridized carbons (Fsp3) is 0.192. The van der Waals surface area contributed by atoms with E-state index in [1.165, 1.54) is 22.3 Å². The number of carboxylic acid groups (broad SMARTS) is 1. The minimum absolute atomic E-state index is 0.0372. The van der Waals surface area contributed by atoms with Gasteiger partial charge < -0.3 is 10.2 Å². The zero-order chi connectivity index (χ0) is 20.2. The Kier molecular flexibility index (Phi) is 5.59. The van der Waals surface area contributed by atoms with Crippen molar-refractivity contribution >= 4 is 12.0 Å². The number of carboxylic acids is 1. The molecule has 0 aliphatic heterocycles. The number of aliphatic hydroxyl groups excluding tert-OH is 1. The molecule has 3 nitrogen and oxygen atoms in total. The maximum absolute atomic E-state index is 11.1. The van der Waals surface area contributed by atoms with Gasteiger partial charge in [-0.1, -0.05) is 72.3 Å². The highest BCUT2D eigenvalue weighted by atomic mass is 16.4. The minimum Gasteiger partial charge on any atom is -0.478 e. The minimum atomic E-state index is -0.904. The van der Waals surface area contributed by atoms with Crippen molar-refractivity contribution < 1.29 is 15.0 Å². The molecule has 0 heterocycles. The van der Waals surface area contributed by atoms with E-state index in [2.05, 4.69) is 36.4 Å². The summed E-state index contributed by atoms with van der Waals surface area (Å²) in [6.07, 6.45) is 4.92. The van der Waals surface area contributed by atoms with Gasteiger partial charge in [-0.3, -0.25) is 0 Å². The number of aliphatic hydroxyl groups is 1. The molecular weight excluding hydrogens is 360 g/mol. The number of allylic oxidation sites excluding steroid dienone is 1. The molecule has 0 amide bonds. The summed E-state index contributed by atoms with van der Waals surface area (Å²) in [4.78, 5) is 11.1. The Balaban J connectivity index is 1.63. The van der Waals surface area contributed by atoms with Gasteiger partial charge in [0.2, 0.25) is 0 Å². The highest BCUT2D eigenvalue weighted by Gasteiger charge is 2.22. The second kappa shape index (κ2) is 8.46. The summed E-state index contributed by atoms with van der Waals surface area (Å²) in [5.74, 6) is -0.621. The Morgan fingerprint density at radius 2 is 1.55 bits per heavy atom. The molecule has 3 heteroatoms. The molecule has 0 spiro atoms. The van der Waals surface area contributed by atoms with Crippen LogP contribution in [0, 0.1) is 5.92 Å². The van der Waals surface area contributed by atoms with Crippen LogP contribution in [0.3, 0.4) is 0 Å². The molecule has 1 aliphatic carbocycles.